The largest absolute Gasteiger partial charge is 0.368 e. The molecule has 5 heteroatoms. The van der Waals surface area contributed by atoms with Crippen LogP contribution in [0.15, 0.2) is 30.6 Å². The molecule has 2 aromatic heterocycles. The van der Waals surface area contributed by atoms with Crippen molar-refractivity contribution < 1.29 is 4.79 Å². The summed E-state index contributed by atoms with van der Waals surface area (Å²) in [6.07, 6.45) is 3.86. The van der Waals surface area contributed by atoms with Gasteiger partial charge in [-0.25, -0.2) is 4.98 Å². The summed E-state index contributed by atoms with van der Waals surface area (Å²) in [5.41, 5.74) is 6.93. The fourth-order valence-electron chi connectivity index (χ4n) is 1.43. The molecule has 16 heavy (non-hydrogen) atoms. The van der Waals surface area contributed by atoms with Gasteiger partial charge in [0.15, 0.2) is 0 Å². The van der Waals surface area contributed by atoms with E-state index in [1.54, 1.807) is 6.92 Å². The Balaban J connectivity index is 2.07. The standard InChI is InChI=1S/C11H14N4O/c1-8(11(12)16)13-6-9-7-15-5-3-2-4-10(15)14-9/h2-5,7-8,13H,6H2,1H3,(H2,12,16). The molecule has 2 heterocycles. The van der Waals surface area contributed by atoms with Crippen LogP contribution in [0.5, 0.6) is 0 Å². The first-order valence-electron chi connectivity index (χ1n) is 5.12. The Morgan fingerprint density at radius 2 is 2.44 bits per heavy atom. The molecule has 0 aromatic carbocycles. The van der Waals surface area contributed by atoms with Crippen molar-refractivity contribution in [3.8, 4) is 0 Å². The minimum absolute atomic E-state index is 0.343. The second-order valence-electron chi connectivity index (χ2n) is 3.70. The summed E-state index contributed by atoms with van der Waals surface area (Å²) in [7, 11) is 0. The minimum Gasteiger partial charge on any atom is -0.368 e. The number of carbonyl (C=O) groups is 1. The van der Waals surface area contributed by atoms with E-state index >= 15 is 0 Å². The van der Waals surface area contributed by atoms with Crippen molar-refractivity contribution in [2.24, 2.45) is 5.73 Å². The number of carbonyl (C=O) groups excluding carboxylic acids is 1. The molecule has 84 valence electrons. The number of hydrogen-bond acceptors (Lipinski definition) is 3. The van der Waals surface area contributed by atoms with E-state index in [-0.39, 0.29) is 11.9 Å². The third-order valence-electron chi connectivity index (χ3n) is 2.43. The van der Waals surface area contributed by atoms with Gasteiger partial charge in [0.1, 0.15) is 5.65 Å². The van der Waals surface area contributed by atoms with Gasteiger partial charge in [0.05, 0.1) is 11.7 Å². The van der Waals surface area contributed by atoms with E-state index < -0.39 is 0 Å². The van der Waals surface area contributed by atoms with Gasteiger partial charge in [0, 0.05) is 18.9 Å². The van der Waals surface area contributed by atoms with Gasteiger partial charge in [-0.2, -0.15) is 0 Å². The smallest absolute Gasteiger partial charge is 0.234 e. The second kappa shape index (κ2) is 4.32. The Kier molecular flexibility index (Phi) is 2.87. The van der Waals surface area contributed by atoms with Crippen molar-refractivity contribution in [1.29, 1.82) is 0 Å². The highest BCUT2D eigenvalue weighted by atomic mass is 16.1. The first-order valence-corrected chi connectivity index (χ1v) is 5.12. The van der Waals surface area contributed by atoms with E-state index in [1.807, 2.05) is 35.0 Å². The third kappa shape index (κ3) is 2.20. The number of aromatic nitrogens is 2. The van der Waals surface area contributed by atoms with Crippen LogP contribution in [0.2, 0.25) is 0 Å². The lowest BCUT2D eigenvalue weighted by Gasteiger charge is -2.07. The molecule has 0 aliphatic carbocycles. The molecule has 0 bridgehead atoms. The molecule has 0 aliphatic rings. The van der Waals surface area contributed by atoms with E-state index in [4.69, 9.17) is 5.73 Å². The van der Waals surface area contributed by atoms with Crippen LogP contribution < -0.4 is 11.1 Å². The maximum absolute atomic E-state index is 10.8. The third-order valence-corrected chi connectivity index (χ3v) is 2.43. The summed E-state index contributed by atoms with van der Waals surface area (Å²) >= 11 is 0. The lowest BCUT2D eigenvalue weighted by Crippen LogP contribution is -2.38. The predicted molar refractivity (Wildman–Crippen MR) is 60.7 cm³/mol. The van der Waals surface area contributed by atoms with Crippen LogP contribution in [0.3, 0.4) is 0 Å². The fraction of sp³-hybridized carbons (Fsp3) is 0.273. The molecule has 0 fully saturated rings. The number of amides is 1. The van der Waals surface area contributed by atoms with Gasteiger partial charge in [-0.1, -0.05) is 6.07 Å². The van der Waals surface area contributed by atoms with E-state index in [1.165, 1.54) is 0 Å². The summed E-state index contributed by atoms with van der Waals surface area (Å²) in [6.45, 7) is 2.27. The van der Waals surface area contributed by atoms with Crippen molar-refractivity contribution in [2.45, 2.75) is 19.5 Å². The fourth-order valence-corrected chi connectivity index (χ4v) is 1.43. The normalized spacial score (nSPS) is 12.8. The SMILES string of the molecule is CC(NCc1cn2ccccc2n1)C(N)=O. The number of hydrogen-bond donors (Lipinski definition) is 2. The monoisotopic (exact) mass is 218 g/mol. The van der Waals surface area contributed by atoms with Crippen LogP contribution in [0.4, 0.5) is 0 Å². The molecule has 3 N–H and O–H groups in total. The molecular weight excluding hydrogens is 204 g/mol. The summed E-state index contributed by atoms with van der Waals surface area (Å²) in [5, 5.41) is 3.01. The Labute approximate surface area is 93.3 Å². The van der Waals surface area contributed by atoms with Gasteiger partial charge in [-0.05, 0) is 19.1 Å². The van der Waals surface area contributed by atoms with Crippen LogP contribution in [0.1, 0.15) is 12.6 Å². The maximum Gasteiger partial charge on any atom is 0.234 e. The van der Waals surface area contributed by atoms with Crippen LogP contribution in [0, 0.1) is 0 Å². The van der Waals surface area contributed by atoms with Crippen molar-refractivity contribution in [3.05, 3.63) is 36.3 Å². The highest BCUT2D eigenvalue weighted by Crippen LogP contribution is 2.04. The molecule has 1 atom stereocenters. The van der Waals surface area contributed by atoms with Crippen LogP contribution in [-0.2, 0) is 11.3 Å². The molecule has 1 unspecified atom stereocenters. The number of nitrogens with zero attached hydrogens (tertiary/aromatic N) is 2. The molecule has 0 saturated heterocycles. The van der Waals surface area contributed by atoms with Crippen LogP contribution in [0.25, 0.3) is 5.65 Å². The Bertz CT molecular complexity index is 472. The van der Waals surface area contributed by atoms with E-state index in [9.17, 15) is 4.79 Å². The molecule has 2 aromatic rings. The molecule has 5 nitrogen and oxygen atoms in total. The van der Waals surface area contributed by atoms with Crippen molar-refractivity contribution in [2.75, 3.05) is 0 Å². The van der Waals surface area contributed by atoms with Gasteiger partial charge in [-0.15, -0.1) is 0 Å². The highest BCUT2D eigenvalue weighted by Gasteiger charge is 2.08. The number of nitrogens with one attached hydrogen (secondary N) is 1. The van der Waals surface area contributed by atoms with Gasteiger partial charge in [-0.3, -0.25) is 4.79 Å². The Morgan fingerprint density at radius 1 is 1.62 bits per heavy atom. The Morgan fingerprint density at radius 3 is 3.12 bits per heavy atom. The molecule has 0 saturated carbocycles. The zero-order chi connectivity index (χ0) is 11.5. The molecule has 0 aliphatic heterocycles. The zero-order valence-corrected chi connectivity index (χ0v) is 9.05. The van der Waals surface area contributed by atoms with E-state index in [0.717, 1.165) is 11.3 Å². The van der Waals surface area contributed by atoms with Crippen molar-refractivity contribution in [3.63, 3.8) is 0 Å². The Hall–Kier alpha value is -1.88. The van der Waals surface area contributed by atoms with E-state index in [0.29, 0.717) is 6.54 Å². The quantitative estimate of drug-likeness (QED) is 0.775. The van der Waals surface area contributed by atoms with Gasteiger partial charge in [0.25, 0.3) is 0 Å². The first kappa shape index (κ1) is 10.6. The highest BCUT2D eigenvalue weighted by molar-refractivity contribution is 5.79. The first-order chi connectivity index (χ1) is 7.66. The number of nitrogens with two attached hydrogens (primary N) is 1. The average Bonchev–Trinajstić information content (AvgIpc) is 2.68. The topological polar surface area (TPSA) is 72.4 Å². The predicted octanol–water partition coefficient (Wildman–Crippen LogP) is 0.298. The lowest BCUT2D eigenvalue weighted by atomic mass is 10.3. The van der Waals surface area contributed by atoms with Crippen molar-refractivity contribution in [1.82, 2.24) is 14.7 Å². The van der Waals surface area contributed by atoms with Crippen LogP contribution in [-0.4, -0.2) is 21.3 Å². The molecule has 2 rings (SSSR count). The molecule has 1 amide bonds. The molecule has 0 radical (unpaired) electrons. The minimum atomic E-state index is -0.358. The van der Waals surface area contributed by atoms with E-state index in [2.05, 4.69) is 10.3 Å². The van der Waals surface area contributed by atoms with Gasteiger partial charge >= 0.3 is 0 Å². The van der Waals surface area contributed by atoms with Crippen molar-refractivity contribution >= 4 is 11.6 Å². The summed E-state index contributed by atoms with van der Waals surface area (Å²) in [4.78, 5) is 15.2. The van der Waals surface area contributed by atoms with Crippen LogP contribution >= 0.6 is 0 Å². The number of primary amides is 1. The second-order valence-corrected chi connectivity index (χ2v) is 3.70. The summed E-state index contributed by atoms with van der Waals surface area (Å²) in [5.74, 6) is -0.358. The number of fused-ring (bicyclic) bond motifs is 1. The maximum atomic E-state index is 10.8. The molecular formula is C11H14N4O. The zero-order valence-electron chi connectivity index (χ0n) is 9.05. The lowest BCUT2D eigenvalue weighted by molar-refractivity contribution is -0.119. The average molecular weight is 218 g/mol. The molecule has 0 spiro atoms. The number of rotatable bonds is 4. The summed E-state index contributed by atoms with van der Waals surface area (Å²) in [6, 6.07) is 5.47. The van der Waals surface area contributed by atoms with Gasteiger partial charge < -0.3 is 15.5 Å². The van der Waals surface area contributed by atoms with Gasteiger partial charge in [0.2, 0.25) is 5.91 Å². The number of pyridine rings is 1. The number of imidazole rings is 1. The summed E-state index contributed by atoms with van der Waals surface area (Å²) < 4.78 is 1.94.